The van der Waals surface area contributed by atoms with Crippen LogP contribution in [0.15, 0.2) is 23.2 Å². The Morgan fingerprint density at radius 1 is 1.50 bits per heavy atom. The van der Waals surface area contributed by atoms with Crippen molar-refractivity contribution in [2.75, 3.05) is 12.4 Å². The highest BCUT2D eigenvalue weighted by atomic mass is 16.6. The van der Waals surface area contributed by atoms with Gasteiger partial charge in [0.25, 0.3) is 11.6 Å². The number of anilines is 1. The minimum Gasteiger partial charge on any atom is -0.373 e. The maximum atomic E-state index is 12.0. The van der Waals surface area contributed by atoms with E-state index in [0.717, 1.165) is 12.6 Å². The predicted octanol–water partition coefficient (Wildman–Crippen LogP) is 0.344. The first-order valence-electron chi connectivity index (χ1n) is 5.47. The summed E-state index contributed by atoms with van der Waals surface area (Å²) in [4.78, 5) is 29.7. The highest BCUT2D eigenvalue weighted by Gasteiger charge is 2.21. The van der Waals surface area contributed by atoms with Gasteiger partial charge in [0.15, 0.2) is 5.82 Å². The second-order valence-corrected chi connectivity index (χ2v) is 3.62. The molecule has 0 fully saturated rings. The molecule has 2 N–H and O–H groups in total. The van der Waals surface area contributed by atoms with Gasteiger partial charge in [-0.3, -0.25) is 14.9 Å². The van der Waals surface area contributed by atoms with Gasteiger partial charge in [-0.05, 0) is 0 Å². The summed E-state index contributed by atoms with van der Waals surface area (Å²) >= 11 is 0. The van der Waals surface area contributed by atoms with Crippen LogP contribution in [0.3, 0.4) is 0 Å². The molecule has 104 valence electrons. The molecule has 0 saturated carbocycles. The summed E-state index contributed by atoms with van der Waals surface area (Å²) in [5, 5.41) is 19.6. The van der Waals surface area contributed by atoms with Gasteiger partial charge in [-0.15, -0.1) is 0 Å². The molecule has 0 aliphatic rings. The second kappa shape index (κ2) is 5.73. The van der Waals surface area contributed by atoms with Crippen molar-refractivity contribution in [2.45, 2.75) is 6.54 Å². The van der Waals surface area contributed by atoms with Crippen LogP contribution in [-0.2, 0) is 6.54 Å². The number of amides is 1. The number of nitrogens with zero attached hydrogens (tertiary/aromatic N) is 4. The van der Waals surface area contributed by atoms with Crippen molar-refractivity contribution >= 4 is 17.4 Å². The van der Waals surface area contributed by atoms with Gasteiger partial charge in [-0.25, -0.2) is 4.98 Å². The third-order valence-electron chi connectivity index (χ3n) is 2.39. The number of nitro groups is 1. The Hall–Kier alpha value is -3.04. The quantitative estimate of drug-likeness (QED) is 0.590. The van der Waals surface area contributed by atoms with Crippen molar-refractivity contribution in [3.63, 3.8) is 0 Å². The van der Waals surface area contributed by atoms with Gasteiger partial charge in [-0.1, -0.05) is 5.16 Å². The first-order valence-corrected chi connectivity index (χ1v) is 5.47. The molecule has 0 aromatic carbocycles. The molecule has 10 heteroatoms. The topological polar surface area (TPSA) is 136 Å². The molecule has 2 heterocycles. The average molecular weight is 278 g/mol. The Balaban J connectivity index is 2.20. The van der Waals surface area contributed by atoms with Gasteiger partial charge in [0.1, 0.15) is 17.6 Å². The van der Waals surface area contributed by atoms with Gasteiger partial charge < -0.3 is 15.2 Å². The Morgan fingerprint density at radius 3 is 2.90 bits per heavy atom. The zero-order chi connectivity index (χ0) is 14.5. The fraction of sp³-hybridized carbons (Fsp3) is 0.200. The van der Waals surface area contributed by atoms with E-state index in [0.29, 0.717) is 5.82 Å². The van der Waals surface area contributed by atoms with Gasteiger partial charge in [0, 0.05) is 13.1 Å². The third kappa shape index (κ3) is 2.85. The van der Waals surface area contributed by atoms with E-state index in [-0.39, 0.29) is 23.6 Å². The standard InChI is InChI=1S/C10H10N6O4/c1-11-8-2-6(7(3-12-8)16(18)19)10(17)13-4-9-14-5-20-15-9/h2-3,5H,4H2,1H3,(H,11,12)(H,13,17). The average Bonchev–Trinajstić information content (AvgIpc) is 2.97. The summed E-state index contributed by atoms with van der Waals surface area (Å²) in [7, 11) is 1.59. The van der Waals surface area contributed by atoms with E-state index in [1.165, 1.54) is 6.07 Å². The van der Waals surface area contributed by atoms with Gasteiger partial charge in [0.05, 0.1) is 11.5 Å². The summed E-state index contributed by atoms with van der Waals surface area (Å²) in [5.41, 5.74) is -0.479. The van der Waals surface area contributed by atoms with E-state index in [2.05, 4.69) is 30.3 Å². The van der Waals surface area contributed by atoms with Crippen molar-refractivity contribution in [2.24, 2.45) is 0 Å². The van der Waals surface area contributed by atoms with Gasteiger partial charge in [0.2, 0.25) is 6.39 Å². The van der Waals surface area contributed by atoms with Crippen LogP contribution in [0.4, 0.5) is 11.5 Å². The number of pyridine rings is 1. The first kappa shape index (κ1) is 13.4. The Kier molecular flexibility index (Phi) is 3.84. The lowest BCUT2D eigenvalue weighted by molar-refractivity contribution is -0.385. The number of carbonyl (C=O) groups is 1. The minimum absolute atomic E-state index is 0.00367. The molecule has 0 unspecified atom stereocenters. The molecule has 0 atom stereocenters. The van der Waals surface area contributed by atoms with Crippen molar-refractivity contribution in [1.29, 1.82) is 0 Å². The zero-order valence-electron chi connectivity index (χ0n) is 10.4. The maximum absolute atomic E-state index is 12.0. The molecule has 2 aromatic heterocycles. The number of carbonyl (C=O) groups excluding carboxylic acids is 1. The second-order valence-electron chi connectivity index (χ2n) is 3.62. The van der Waals surface area contributed by atoms with E-state index < -0.39 is 10.8 Å². The molecule has 1 amide bonds. The lowest BCUT2D eigenvalue weighted by Crippen LogP contribution is -2.24. The number of hydrogen-bond acceptors (Lipinski definition) is 8. The van der Waals surface area contributed by atoms with Crippen molar-refractivity contribution < 1.29 is 14.2 Å². The third-order valence-corrected chi connectivity index (χ3v) is 2.39. The summed E-state index contributed by atoms with van der Waals surface area (Å²) < 4.78 is 4.51. The largest absolute Gasteiger partial charge is 0.373 e. The van der Waals surface area contributed by atoms with Crippen LogP contribution < -0.4 is 10.6 Å². The van der Waals surface area contributed by atoms with Crippen LogP contribution in [0.2, 0.25) is 0 Å². The normalized spacial score (nSPS) is 10.1. The van der Waals surface area contributed by atoms with Crippen molar-refractivity contribution in [3.8, 4) is 0 Å². The van der Waals surface area contributed by atoms with Crippen molar-refractivity contribution in [3.05, 3.63) is 40.2 Å². The molecule has 0 bridgehead atoms. The first-order chi connectivity index (χ1) is 9.61. The number of rotatable bonds is 5. The molecular weight excluding hydrogens is 268 g/mol. The summed E-state index contributed by atoms with van der Waals surface area (Å²) in [6, 6.07) is 1.30. The molecule has 0 spiro atoms. The highest BCUT2D eigenvalue weighted by molar-refractivity contribution is 5.98. The molecule has 20 heavy (non-hydrogen) atoms. The summed E-state index contributed by atoms with van der Waals surface area (Å²) in [6.45, 7) is 0.00367. The van der Waals surface area contributed by atoms with Crippen molar-refractivity contribution in [1.82, 2.24) is 20.4 Å². The summed E-state index contributed by atoms with van der Waals surface area (Å²) in [5.74, 6) is -0.00962. The smallest absolute Gasteiger partial charge is 0.300 e. The number of hydrogen-bond donors (Lipinski definition) is 2. The van der Waals surface area contributed by atoms with Crippen LogP contribution >= 0.6 is 0 Å². The molecule has 0 radical (unpaired) electrons. The lowest BCUT2D eigenvalue weighted by atomic mass is 10.2. The fourth-order valence-corrected chi connectivity index (χ4v) is 1.44. The van der Waals surface area contributed by atoms with Gasteiger partial charge >= 0.3 is 0 Å². The highest BCUT2D eigenvalue weighted by Crippen LogP contribution is 2.20. The molecule has 10 nitrogen and oxygen atoms in total. The fourth-order valence-electron chi connectivity index (χ4n) is 1.44. The molecule has 2 aromatic rings. The van der Waals surface area contributed by atoms with Crippen LogP contribution in [-0.4, -0.2) is 33.0 Å². The zero-order valence-corrected chi connectivity index (χ0v) is 10.4. The van der Waals surface area contributed by atoms with Crippen LogP contribution in [0.25, 0.3) is 0 Å². The van der Waals surface area contributed by atoms with E-state index >= 15 is 0 Å². The SMILES string of the molecule is CNc1cc(C(=O)NCc2ncon2)c([N+](=O)[O-])cn1. The van der Waals surface area contributed by atoms with Gasteiger partial charge in [-0.2, -0.15) is 4.98 Å². The minimum atomic E-state index is -0.671. The summed E-state index contributed by atoms with van der Waals surface area (Å²) in [6.07, 6.45) is 2.14. The van der Waals surface area contributed by atoms with Crippen LogP contribution in [0.5, 0.6) is 0 Å². The Bertz CT molecular complexity index is 627. The van der Waals surface area contributed by atoms with Crippen LogP contribution in [0, 0.1) is 10.1 Å². The molecule has 0 aliphatic heterocycles. The number of nitrogens with one attached hydrogen (secondary N) is 2. The lowest BCUT2D eigenvalue weighted by Gasteiger charge is -2.05. The maximum Gasteiger partial charge on any atom is 0.300 e. The molecule has 0 saturated heterocycles. The molecular formula is C10H10N6O4. The molecule has 0 aliphatic carbocycles. The number of aromatic nitrogens is 3. The predicted molar refractivity (Wildman–Crippen MR) is 65.9 cm³/mol. The van der Waals surface area contributed by atoms with Crippen LogP contribution in [0.1, 0.15) is 16.2 Å². The Morgan fingerprint density at radius 2 is 2.30 bits per heavy atom. The molecule has 2 rings (SSSR count). The van der Waals surface area contributed by atoms with E-state index in [1.54, 1.807) is 7.05 Å². The monoisotopic (exact) mass is 278 g/mol. The van der Waals surface area contributed by atoms with E-state index in [4.69, 9.17) is 0 Å². The van der Waals surface area contributed by atoms with E-state index in [9.17, 15) is 14.9 Å². The van der Waals surface area contributed by atoms with E-state index in [1.807, 2.05) is 0 Å². The Labute approximate surface area is 112 Å².